The molecule has 2 aromatic rings. The molecule has 0 saturated carbocycles. The summed E-state index contributed by atoms with van der Waals surface area (Å²) in [5.74, 6) is 2.73. The molecule has 0 aromatic carbocycles. The topological polar surface area (TPSA) is 68.2 Å². The number of aryl methyl sites for hydroxylation is 3. The Balaban J connectivity index is 1.69. The maximum Gasteiger partial charge on any atom is 0.231 e. The number of rotatable bonds is 3. The fourth-order valence-electron chi connectivity index (χ4n) is 2.83. The van der Waals surface area contributed by atoms with Gasteiger partial charge >= 0.3 is 0 Å². The maximum absolute atomic E-state index is 5.32. The number of hydrogen-bond donors (Lipinski definition) is 0. The predicted molar refractivity (Wildman–Crippen MR) is 72.3 cm³/mol. The molecule has 0 amide bonds. The average molecular weight is 276 g/mol. The maximum atomic E-state index is 5.32. The highest BCUT2D eigenvalue weighted by Gasteiger charge is 2.26. The molecule has 0 bridgehead atoms. The quantitative estimate of drug-likeness (QED) is 0.857. The van der Waals surface area contributed by atoms with Gasteiger partial charge in [0.25, 0.3) is 0 Å². The Morgan fingerprint density at radius 1 is 1.20 bits per heavy atom. The largest absolute Gasteiger partial charge is 0.361 e. The van der Waals surface area contributed by atoms with Gasteiger partial charge in [0.1, 0.15) is 5.76 Å². The second-order valence-electron chi connectivity index (χ2n) is 5.56. The first-order valence-electron chi connectivity index (χ1n) is 7.08. The van der Waals surface area contributed by atoms with Crippen molar-refractivity contribution in [3.63, 3.8) is 0 Å². The Labute approximate surface area is 118 Å². The van der Waals surface area contributed by atoms with Crippen LogP contribution in [0.15, 0.2) is 9.05 Å². The van der Waals surface area contributed by atoms with Gasteiger partial charge in [-0.05, 0) is 40.2 Å². The van der Waals surface area contributed by atoms with Crippen LogP contribution in [0.4, 0.5) is 0 Å². The minimum atomic E-state index is 0.338. The fourth-order valence-corrected chi connectivity index (χ4v) is 2.83. The van der Waals surface area contributed by atoms with Crippen molar-refractivity contribution in [2.24, 2.45) is 0 Å². The van der Waals surface area contributed by atoms with E-state index < -0.39 is 0 Å². The minimum absolute atomic E-state index is 0.338. The summed E-state index contributed by atoms with van der Waals surface area (Å²) in [7, 11) is 0. The van der Waals surface area contributed by atoms with Crippen LogP contribution in [0.25, 0.3) is 0 Å². The zero-order chi connectivity index (χ0) is 14.1. The second kappa shape index (κ2) is 5.36. The van der Waals surface area contributed by atoms with E-state index in [0.29, 0.717) is 11.7 Å². The van der Waals surface area contributed by atoms with E-state index in [1.165, 1.54) is 5.56 Å². The molecular formula is C14H20N4O2. The van der Waals surface area contributed by atoms with Crippen molar-refractivity contribution in [3.05, 3.63) is 28.7 Å². The summed E-state index contributed by atoms with van der Waals surface area (Å²) in [4.78, 5) is 6.78. The molecule has 20 heavy (non-hydrogen) atoms. The predicted octanol–water partition coefficient (Wildman–Crippen LogP) is 2.36. The standard InChI is InChI=1S/C14H20N4O2/c1-9-13(10(2)19-16-9)8-18-6-4-5-12(7-18)14-15-11(3)17-20-14/h12H,4-8H2,1-3H3/t12-/m0/s1. The summed E-state index contributed by atoms with van der Waals surface area (Å²) in [6.07, 6.45) is 2.26. The van der Waals surface area contributed by atoms with Gasteiger partial charge < -0.3 is 9.05 Å². The molecule has 1 saturated heterocycles. The number of aromatic nitrogens is 3. The van der Waals surface area contributed by atoms with Gasteiger partial charge in [0.05, 0.1) is 11.6 Å². The minimum Gasteiger partial charge on any atom is -0.361 e. The van der Waals surface area contributed by atoms with Crippen LogP contribution in [0.5, 0.6) is 0 Å². The molecule has 2 aromatic heterocycles. The molecule has 1 atom stereocenters. The zero-order valence-electron chi connectivity index (χ0n) is 12.2. The lowest BCUT2D eigenvalue weighted by atomic mass is 9.97. The molecule has 0 spiro atoms. The number of piperidine rings is 1. The molecule has 108 valence electrons. The highest BCUT2D eigenvalue weighted by atomic mass is 16.5. The highest BCUT2D eigenvalue weighted by Crippen LogP contribution is 2.27. The lowest BCUT2D eigenvalue weighted by molar-refractivity contribution is 0.179. The lowest BCUT2D eigenvalue weighted by Crippen LogP contribution is -2.34. The highest BCUT2D eigenvalue weighted by molar-refractivity contribution is 5.20. The van der Waals surface area contributed by atoms with Gasteiger partial charge in [0, 0.05) is 18.7 Å². The lowest BCUT2D eigenvalue weighted by Gasteiger charge is -2.30. The van der Waals surface area contributed by atoms with Crippen LogP contribution in [0, 0.1) is 20.8 Å². The van der Waals surface area contributed by atoms with Crippen LogP contribution in [-0.4, -0.2) is 33.3 Å². The van der Waals surface area contributed by atoms with Gasteiger partial charge in [-0.2, -0.15) is 4.98 Å². The summed E-state index contributed by atoms with van der Waals surface area (Å²) in [5.41, 5.74) is 2.19. The monoisotopic (exact) mass is 276 g/mol. The normalized spacial score (nSPS) is 20.4. The molecule has 1 aliphatic heterocycles. The fraction of sp³-hybridized carbons (Fsp3) is 0.643. The molecule has 0 radical (unpaired) electrons. The van der Waals surface area contributed by atoms with Crippen molar-refractivity contribution in [1.82, 2.24) is 20.2 Å². The molecule has 1 aliphatic rings. The van der Waals surface area contributed by atoms with Crippen LogP contribution in [0.2, 0.25) is 0 Å². The van der Waals surface area contributed by atoms with Crippen molar-refractivity contribution in [2.45, 2.75) is 46.1 Å². The summed E-state index contributed by atoms with van der Waals surface area (Å²) < 4.78 is 10.6. The van der Waals surface area contributed by atoms with E-state index in [1.807, 2.05) is 20.8 Å². The molecular weight excluding hydrogens is 256 g/mol. The third-order valence-corrected chi connectivity index (χ3v) is 3.96. The number of hydrogen-bond acceptors (Lipinski definition) is 6. The smallest absolute Gasteiger partial charge is 0.231 e. The Hall–Kier alpha value is -1.69. The Bertz CT molecular complexity index is 570. The van der Waals surface area contributed by atoms with Crippen molar-refractivity contribution in [2.75, 3.05) is 13.1 Å². The summed E-state index contributed by atoms with van der Waals surface area (Å²) >= 11 is 0. The van der Waals surface area contributed by atoms with E-state index in [4.69, 9.17) is 9.05 Å². The summed E-state index contributed by atoms with van der Waals surface area (Å²) in [6, 6.07) is 0. The molecule has 0 unspecified atom stereocenters. The third-order valence-electron chi connectivity index (χ3n) is 3.96. The van der Waals surface area contributed by atoms with Crippen LogP contribution in [0.3, 0.4) is 0 Å². The Morgan fingerprint density at radius 3 is 2.70 bits per heavy atom. The van der Waals surface area contributed by atoms with Crippen molar-refractivity contribution in [3.8, 4) is 0 Å². The first-order chi connectivity index (χ1) is 9.63. The third kappa shape index (κ3) is 2.60. The number of likely N-dealkylation sites (tertiary alicyclic amines) is 1. The second-order valence-corrected chi connectivity index (χ2v) is 5.56. The molecule has 3 rings (SSSR count). The number of nitrogens with zero attached hydrogens (tertiary/aromatic N) is 4. The molecule has 3 heterocycles. The van der Waals surface area contributed by atoms with Gasteiger partial charge in [-0.3, -0.25) is 4.90 Å². The van der Waals surface area contributed by atoms with Crippen molar-refractivity contribution in [1.29, 1.82) is 0 Å². The van der Waals surface area contributed by atoms with Crippen LogP contribution >= 0.6 is 0 Å². The van der Waals surface area contributed by atoms with Crippen LogP contribution in [-0.2, 0) is 6.54 Å². The van der Waals surface area contributed by atoms with E-state index in [9.17, 15) is 0 Å². The van der Waals surface area contributed by atoms with E-state index in [1.54, 1.807) is 0 Å². The van der Waals surface area contributed by atoms with E-state index in [0.717, 1.165) is 49.8 Å². The van der Waals surface area contributed by atoms with E-state index in [-0.39, 0.29) is 0 Å². The van der Waals surface area contributed by atoms with Crippen molar-refractivity contribution >= 4 is 0 Å². The Kier molecular flexibility index (Phi) is 3.56. The van der Waals surface area contributed by atoms with Gasteiger partial charge in [0.2, 0.25) is 5.89 Å². The molecule has 6 heteroatoms. The van der Waals surface area contributed by atoms with E-state index in [2.05, 4.69) is 20.2 Å². The molecule has 1 fully saturated rings. The first kappa shape index (κ1) is 13.3. The molecule has 0 N–H and O–H groups in total. The van der Waals surface area contributed by atoms with Gasteiger partial charge in [-0.15, -0.1) is 0 Å². The zero-order valence-corrected chi connectivity index (χ0v) is 12.2. The molecule has 6 nitrogen and oxygen atoms in total. The van der Waals surface area contributed by atoms with Crippen LogP contribution < -0.4 is 0 Å². The Morgan fingerprint density at radius 2 is 2.05 bits per heavy atom. The molecule has 0 aliphatic carbocycles. The van der Waals surface area contributed by atoms with Crippen molar-refractivity contribution < 1.29 is 9.05 Å². The summed E-state index contributed by atoms with van der Waals surface area (Å²) in [5, 5.41) is 7.91. The van der Waals surface area contributed by atoms with Gasteiger partial charge in [0.15, 0.2) is 5.82 Å². The SMILES string of the molecule is Cc1noc([C@H]2CCCN(Cc3c(C)noc3C)C2)n1. The van der Waals surface area contributed by atoms with Gasteiger partial charge in [-0.25, -0.2) is 0 Å². The van der Waals surface area contributed by atoms with E-state index >= 15 is 0 Å². The van der Waals surface area contributed by atoms with Gasteiger partial charge in [-0.1, -0.05) is 10.3 Å². The van der Waals surface area contributed by atoms with Crippen LogP contribution in [0.1, 0.15) is 47.5 Å². The summed E-state index contributed by atoms with van der Waals surface area (Å²) in [6.45, 7) is 8.74. The average Bonchev–Trinajstić information content (AvgIpc) is 3.00. The first-order valence-corrected chi connectivity index (χ1v) is 7.08.